The van der Waals surface area contributed by atoms with Gasteiger partial charge in [-0.15, -0.1) is 0 Å². The van der Waals surface area contributed by atoms with Crippen LogP contribution < -0.4 is 15.0 Å². The van der Waals surface area contributed by atoms with Crippen molar-refractivity contribution in [2.45, 2.75) is 63.7 Å². The molecule has 19 heteroatoms. The zero-order chi connectivity index (χ0) is 37.9. The van der Waals surface area contributed by atoms with Crippen LogP contribution in [0.2, 0.25) is 0 Å². The van der Waals surface area contributed by atoms with Gasteiger partial charge in [0, 0.05) is 12.5 Å². The number of carbonyl (C=O) groups is 2. The molecule has 0 saturated heterocycles. The maximum atomic E-state index is 13.8. The molecule has 0 radical (unpaired) electrons. The van der Waals surface area contributed by atoms with Crippen LogP contribution in [0.15, 0.2) is 42.6 Å². The molecule has 3 atom stereocenters. The highest BCUT2D eigenvalue weighted by molar-refractivity contribution is 5.90. The van der Waals surface area contributed by atoms with E-state index in [0.29, 0.717) is 12.1 Å². The van der Waals surface area contributed by atoms with Gasteiger partial charge in [0.15, 0.2) is 5.75 Å². The Morgan fingerprint density at radius 1 is 0.980 bits per heavy atom. The van der Waals surface area contributed by atoms with Crippen molar-refractivity contribution < 1.29 is 68.8 Å². The second kappa shape index (κ2) is 15.2. The molecule has 1 aromatic heterocycles. The highest BCUT2D eigenvalue weighted by atomic mass is 19.4. The quantitative estimate of drug-likeness (QED) is 0.171. The second-order valence-electron chi connectivity index (χ2n) is 11.6. The number of aromatic nitrogens is 2. The summed E-state index contributed by atoms with van der Waals surface area (Å²) in [5, 5.41) is 21.3. The van der Waals surface area contributed by atoms with E-state index in [1.165, 1.54) is 6.92 Å². The fourth-order valence-corrected chi connectivity index (χ4v) is 5.35. The first-order chi connectivity index (χ1) is 23.7. The summed E-state index contributed by atoms with van der Waals surface area (Å²) in [6.07, 6.45) is -15.5. The van der Waals surface area contributed by atoms with Gasteiger partial charge in [-0.2, -0.15) is 39.5 Å². The molecule has 0 spiro atoms. The fraction of sp³-hybridized carbons (Fsp3) is 0.438. The third-order valence-electron chi connectivity index (χ3n) is 7.91. The topological polar surface area (TPSA) is 134 Å². The molecule has 1 unspecified atom stereocenters. The van der Waals surface area contributed by atoms with E-state index >= 15 is 0 Å². The number of carbonyl (C=O) groups excluding carboxylic acids is 1. The number of rotatable bonds is 11. The number of fused-ring (bicyclic) bond motifs is 1. The number of halogens is 9. The Kier molecular flexibility index (Phi) is 11.6. The van der Waals surface area contributed by atoms with E-state index in [4.69, 9.17) is 14.6 Å². The molecule has 2 heterocycles. The van der Waals surface area contributed by atoms with Crippen LogP contribution in [0.5, 0.6) is 5.75 Å². The van der Waals surface area contributed by atoms with Crippen molar-refractivity contribution in [3.8, 4) is 5.75 Å². The highest BCUT2D eigenvalue weighted by Crippen LogP contribution is 2.43. The van der Waals surface area contributed by atoms with E-state index in [2.05, 4.69) is 15.3 Å². The minimum Gasteiger partial charge on any atom is -0.488 e. The van der Waals surface area contributed by atoms with Crippen LogP contribution in [-0.2, 0) is 34.5 Å². The first-order valence-corrected chi connectivity index (χ1v) is 15.3. The Balaban J connectivity index is 1.76. The minimum absolute atomic E-state index is 0.00153. The predicted octanol–water partition coefficient (Wildman–Crippen LogP) is 7.49. The standard InChI is InChI=1S/C32H31F9N4O6/c1-3-21-13-23(22-12-18(30(33,34)35)4-5-25(22)45(21)29(49)51-15-16(2)27(47)48)43-28-42-14-26(50-7-6-46)24(44-28)10-17-8-19(31(36,37)38)11-20(9-17)32(39,40)41/h4-5,8-9,11-12,14,16,21,23,46H,3,6-7,10,13,15H2,1-2H3,(H,47,48)(H,42,43,44)/t16?,21-,23+/m1/s1. The Morgan fingerprint density at radius 3 is 2.16 bits per heavy atom. The number of hydrogen-bond acceptors (Lipinski definition) is 8. The van der Waals surface area contributed by atoms with Crippen molar-refractivity contribution in [1.82, 2.24) is 9.97 Å². The lowest BCUT2D eigenvalue weighted by Gasteiger charge is -2.40. The van der Waals surface area contributed by atoms with Crippen LogP contribution in [-0.4, -0.2) is 58.1 Å². The molecule has 0 bridgehead atoms. The van der Waals surface area contributed by atoms with Gasteiger partial charge in [0.1, 0.15) is 13.2 Å². The molecule has 1 aliphatic heterocycles. The molecule has 1 aliphatic rings. The third-order valence-corrected chi connectivity index (χ3v) is 7.91. The number of hydrogen-bond donors (Lipinski definition) is 3. The number of aliphatic carboxylic acids is 1. The number of nitrogens with zero attached hydrogens (tertiary/aromatic N) is 3. The maximum absolute atomic E-state index is 13.8. The summed E-state index contributed by atoms with van der Waals surface area (Å²) in [6, 6.07) is 1.83. The number of aliphatic hydroxyl groups excluding tert-OH is 1. The summed E-state index contributed by atoms with van der Waals surface area (Å²) in [6.45, 7) is 1.60. The molecule has 2 aromatic carbocycles. The zero-order valence-electron chi connectivity index (χ0n) is 26.8. The highest BCUT2D eigenvalue weighted by Gasteiger charge is 2.40. The molecular weight excluding hydrogens is 707 g/mol. The number of carboxylic acids is 1. The summed E-state index contributed by atoms with van der Waals surface area (Å²) in [5.41, 5.74) is -4.93. The van der Waals surface area contributed by atoms with Crippen molar-refractivity contribution in [1.29, 1.82) is 0 Å². The first-order valence-electron chi connectivity index (χ1n) is 15.3. The van der Waals surface area contributed by atoms with Gasteiger partial charge < -0.3 is 25.0 Å². The minimum atomic E-state index is -5.13. The van der Waals surface area contributed by atoms with Gasteiger partial charge in [-0.1, -0.05) is 6.92 Å². The van der Waals surface area contributed by atoms with E-state index in [1.54, 1.807) is 6.92 Å². The number of anilines is 2. The molecular formula is C32H31F9N4O6. The monoisotopic (exact) mass is 738 g/mol. The fourth-order valence-electron chi connectivity index (χ4n) is 5.35. The third kappa shape index (κ3) is 9.50. The lowest BCUT2D eigenvalue weighted by molar-refractivity contribution is -0.144. The summed E-state index contributed by atoms with van der Waals surface area (Å²) in [7, 11) is 0. The number of aliphatic hydroxyl groups is 1. The van der Waals surface area contributed by atoms with Crippen molar-refractivity contribution in [3.63, 3.8) is 0 Å². The van der Waals surface area contributed by atoms with E-state index in [-0.39, 0.29) is 54.2 Å². The molecule has 0 aliphatic carbocycles. The molecule has 10 nitrogen and oxygen atoms in total. The van der Waals surface area contributed by atoms with Crippen LogP contribution in [0.3, 0.4) is 0 Å². The van der Waals surface area contributed by atoms with Crippen molar-refractivity contribution in [3.05, 3.63) is 76.1 Å². The average Bonchev–Trinajstić information content (AvgIpc) is 3.04. The zero-order valence-corrected chi connectivity index (χ0v) is 26.8. The van der Waals surface area contributed by atoms with Gasteiger partial charge >= 0.3 is 30.6 Å². The Hall–Kier alpha value is -4.81. The van der Waals surface area contributed by atoms with Gasteiger partial charge in [0.05, 0.1) is 52.8 Å². The van der Waals surface area contributed by atoms with Gasteiger partial charge in [-0.25, -0.2) is 14.8 Å². The molecule has 3 aromatic rings. The molecule has 51 heavy (non-hydrogen) atoms. The summed E-state index contributed by atoms with van der Waals surface area (Å²) in [5.74, 6) is -2.81. The van der Waals surface area contributed by atoms with Crippen molar-refractivity contribution in [2.75, 3.05) is 30.0 Å². The maximum Gasteiger partial charge on any atom is 0.416 e. The first kappa shape index (κ1) is 39.0. The van der Waals surface area contributed by atoms with Crippen molar-refractivity contribution >= 4 is 23.7 Å². The largest absolute Gasteiger partial charge is 0.488 e. The smallest absolute Gasteiger partial charge is 0.416 e. The van der Waals surface area contributed by atoms with Crippen LogP contribution in [0.1, 0.15) is 66.2 Å². The van der Waals surface area contributed by atoms with E-state index in [9.17, 15) is 54.2 Å². The van der Waals surface area contributed by atoms with Gasteiger partial charge in [0.25, 0.3) is 0 Å². The van der Waals surface area contributed by atoms with Gasteiger partial charge in [0.2, 0.25) is 5.95 Å². The number of carboxylic acid groups (broad SMARTS) is 1. The van der Waals surface area contributed by atoms with Crippen LogP contribution in [0.4, 0.5) is 55.9 Å². The lowest BCUT2D eigenvalue weighted by atomic mass is 9.89. The summed E-state index contributed by atoms with van der Waals surface area (Å²) < 4.78 is 133. The van der Waals surface area contributed by atoms with E-state index < -0.39 is 90.5 Å². The number of benzene rings is 2. The predicted molar refractivity (Wildman–Crippen MR) is 161 cm³/mol. The average molecular weight is 739 g/mol. The SMILES string of the molecule is CC[C@@H]1C[C@H](Nc2ncc(OCCO)c(Cc3cc(C(F)(F)F)cc(C(F)(F)F)c3)n2)c2cc(C(F)(F)F)ccc2N1C(=O)OCC(C)C(=O)O. The lowest BCUT2D eigenvalue weighted by Crippen LogP contribution is -2.46. The van der Waals surface area contributed by atoms with Crippen LogP contribution in [0.25, 0.3) is 0 Å². The van der Waals surface area contributed by atoms with E-state index in [1.807, 2.05) is 0 Å². The Labute approximate surface area is 284 Å². The summed E-state index contributed by atoms with van der Waals surface area (Å²) in [4.78, 5) is 33.9. The van der Waals surface area contributed by atoms with Crippen LogP contribution in [0, 0.1) is 5.92 Å². The Bertz CT molecular complexity index is 1700. The normalized spacial score (nSPS) is 17.1. The molecule has 0 saturated carbocycles. The second-order valence-corrected chi connectivity index (χ2v) is 11.6. The Morgan fingerprint density at radius 2 is 1.61 bits per heavy atom. The molecule has 278 valence electrons. The van der Waals surface area contributed by atoms with Gasteiger partial charge in [-0.05, 0) is 67.3 Å². The number of nitrogens with one attached hydrogen (secondary N) is 1. The van der Waals surface area contributed by atoms with Crippen LogP contribution >= 0.6 is 0 Å². The molecule has 1 amide bonds. The number of alkyl halides is 9. The van der Waals surface area contributed by atoms with Crippen molar-refractivity contribution in [2.24, 2.45) is 5.92 Å². The molecule has 0 fully saturated rings. The van der Waals surface area contributed by atoms with E-state index in [0.717, 1.165) is 29.3 Å². The molecule has 3 N–H and O–H groups in total. The number of amides is 1. The van der Waals surface area contributed by atoms with Gasteiger partial charge in [-0.3, -0.25) is 9.69 Å². The number of ether oxygens (including phenoxy) is 2. The summed E-state index contributed by atoms with van der Waals surface area (Å²) >= 11 is 0. The molecule has 4 rings (SSSR count).